The molecule has 0 saturated heterocycles. The third-order valence-corrected chi connectivity index (χ3v) is 5.23. The fourth-order valence-corrected chi connectivity index (χ4v) is 3.69. The van der Waals surface area contributed by atoms with Gasteiger partial charge in [0, 0.05) is 27.0 Å². The van der Waals surface area contributed by atoms with Crippen molar-refractivity contribution in [2.75, 3.05) is 5.32 Å². The van der Waals surface area contributed by atoms with E-state index in [1.165, 1.54) is 11.3 Å². The summed E-state index contributed by atoms with van der Waals surface area (Å²) in [6.07, 6.45) is 0.110. The zero-order valence-electron chi connectivity index (χ0n) is 14.3. The largest absolute Gasteiger partial charge is 0.476 e. The Kier molecular flexibility index (Phi) is 4.81. The Labute approximate surface area is 168 Å². The molecule has 2 heterocycles. The number of hydrogen-bond acceptors (Lipinski definition) is 5. The first-order chi connectivity index (χ1) is 13.5. The summed E-state index contributed by atoms with van der Waals surface area (Å²) in [6, 6.07) is 12.3. The fraction of sp³-hybridized carbons (Fsp3) is 0.0526. The number of nitrogens with zero attached hydrogens (tertiary/aromatic N) is 2. The molecule has 0 saturated carbocycles. The molecule has 0 radical (unpaired) electrons. The normalized spacial score (nSPS) is 10.9. The predicted molar refractivity (Wildman–Crippen MR) is 108 cm³/mol. The van der Waals surface area contributed by atoms with Crippen LogP contribution in [-0.2, 0) is 11.2 Å². The van der Waals surface area contributed by atoms with Gasteiger partial charge in [0.25, 0.3) is 0 Å². The highest BCUT2D eigenvalue weighted by atomic mass is 35.5. The molecular formula is C19H13ClN4O3S. The molecule has 28 heavy (non-hydrogen) atoms. The number of carbonyl (C=O) groups is 2. The summed E-state index contributed by atoms with van der Waals surface area (Å²) in [5.41, 5.74) is 2.59. The maximum atomic E-state index is 12.4. The Morgan fingerprint density at radius 1 is 1.18 bits per heavy atom. The quantitative estimate of drug-likeness (QED) is 0.454. The summed E-state index contributed by atoms with van der Waals surface area (Å²) < 4.78 is 0. The standard InChI is InChI=1S/C19H13ClN4O3S/c20-11-3-1-10(2-4-11)18-22-13(9-28-18)8-16(25)21-12-5-6-15-14(7-12)17(19(26)27)24-23-15/h1-7,9H,8H2,(H,21,25)(H,23,24)(H,26,27). The van der Waals surface area contributed by atoms with Crippen molar-refractivity contribution in [2.24, 2.45) is 0 Å². The number of carboxylic acid groups (broad SMARTS) is 1. The number of halogens is 1. The highest BCUT2D eigenvalue weighted by molar-refractivity contribution is 7.13. The molecule has 9 heteroatoms. The van der Waals surface area contributed by atoms with Gasteiger partial charge in [0.2, 0.25) is 5.91 Å². The molecule has 1 amide bonds. The first-order valence-electron chi connectivity index (χ1n) is 8.21. The third-order valence-electron chi connectivity index (χ3n) is 4.03. The van der Waals surface area contributed by atoms with Crippen molar-refractivity contribution in [3.63, 3.8) is 0 Å². The molecule has 4 aromatic rings. The molecule has 2 aromatic heterocycles. The number of rotatable bonds is 5. The SMILES string of the molecule is O=C(Cc1csc(-c2ccc(Cl)cc2)n1)Nc1ccc2[nH]nc(C(=O)O)c2c1. The van der Waals surface area contributed by atoms with Gasteiger partial charge in [0.15, 0.2) is 5.69 Å². The molecule has 140 valence electrons. The van der Waals surface area contributed by atoms with E-state index in [9.17, 15) is 9.59 Å². The predicted octanol–water partition coefficient (Wildman–Crippen LogP) is 4.22. The molecular weight excluding hydrogens is 400 g/mol. The molecule has 0 aliphatic heterocycles. The Hall–Kier alpha value is -3.23. The number of H-pyrrole nitrogens is 1. The molecule has 0 fully saturated rings. The molecule has 0 aliphatic carbocycles. The van der Waals surface area contributed by atoms with Crippen LogP contribution in [0.15, 0.2) is 47.8 Å². The first-order valence-corrected chi connectivity index (χ1v) is 9.47. The van der Waals surface area contributed by atoms with Gasteiger partial charge >= 0.3 is 5.97 Å². The molecule has 0 spiro atoms. The molecule has 4 rings (SSSR count). The van der Waals surface area contributed by atoms with Crippen LogP contribution in [-0.4, -0.2) is 32.2 Å². The maximum Gasteiger partial charge on any atom is 0.357 e. The van der Waals surface area contributed by atoms with Crippen LogP contribution in [0.25, 0.3) is 21.5 Å². The minimum atomic E-state index is -1.13. The number of hydrogen-bond donors (Lipinski definition) is 3. The fourth-order valence-electron chi connectivity index (χ4n) is 2.74. The van der Waals surface area contributed by atoms with Gasteiger partial charge in [-0.2, -0.15) is 5.10 Å². The van der Waals surface area contributed by atoms with Crippen molar-refractivity contribution in [2.45, 2.75) is 6.42 Å². The van der Waals surface area contributed by atoms with Crippen LogP contribution in [0.3, 0.4) is 0 Å². The second-order valence-electron chi connectivity index (χ2n) is 6.01. The van der Waals surface area contributed by atoms with E-state index in [-0.39, 0.29) is 18.0 Å². The Morgan fingerprint density at radius 2 is 1.96 bits per heavy atom. The monoisotopic (exact) mass is 412 g/mol. The Bertz CT molecular complexity index is 1180. The van der Waals surface area contributed by atoms with Gasteiger partial charge in [-0.1, -0.05) is 23.7 Å². The molecule has 0 aliphatic rings. The van der Waals surface area contributed by atoms with Crippen molar-refractivity contribution < 1.29 is 14.7 Å². The van der Waals surface area contributed by atoms with E-state index in [4.69, 9.17) is 16.7 Å². The van der Waals surface area contributed by atoms with Crippen LogP contribution in [0, 0.1) is 0 Å². The van der Waals surface area contributed by atoms with Gasteiger partial charge < -0.3 is 10.4 Å². The minimum Gasteiger partial charge on any atom is -0.476 e. The van der Waals surface area contributed by atoms with Crippen LogP contribution in [0.2, 0.25) is 5.02 Å². The summed E-state index contributed by atoms with van der Waals surface area (Å²) in [6.45, 7) is 0. The van der Waals surface area contributed by atoms with E-state index in [0.717, 1.165) is 10.6 Å². The number of aromatic carboxylic acids is 1. The minimum absolute atomic E-state index is 0.0850. The number of aromatic amines is 1. The van der Waals surface area contributed by atoms with Gasteiger partial charge in [0.1, 0.15) is 5.01 Å². The van der Waals surface area contributed by atoms with E-state index in [1.54, 1.807) is 30.3 Å². The smallest absolute Gasteiger partial charge is 0.357 e. The van der Waals surface area contributed by atoms with Crippen molar-refractivity contribution in [1.29, 1.82) is 0 Å². The summed E-state index contributed by atoms with van der Waals surface area (Å²) in [7, 11) is 0. The average molecular weight is 413 g/mol. The van der Waals surface area contributed by atoms with Crippen molar-refractivity contribution in [3.8, 4) is 10.6 Å². The molecule has 0 atom stereocenters. The zero-order valence-corrected chi connectivity index (χ0v) is 15.8. The third kappa shape index (κ3) is 3.73. The molecule has 0 bridgehead atoms. The van der Waals surface area contributed by atoms with Gasteiger partial charge in [-0.25, -0.2) is 9.78 Å². The number of nitrogens with one attached hydrogen (secondary N) is 2. The number of fused-ring (bicyclic) bond motifs is 1. The second kappa shape index (κ2) is 7.41. The molecule has 7 nitrogen and oxygen atoms in total. The van der Waals surface area contributed by atoms with Crippen LogP contribution in [0.1, 0.15) is 16.2 Å². The van der Waals surface area contributed by atoms with Crippen LogP contribution >= 0.6 is 22.9 Å². The highest BCUT2D eigenvalue weighted by Gasteiger charge is 2.14. The Morgan fingerprint density at radius 3 is 2.71 bits per heavy atom. The number of benzene rings is 2. The van der Waals surface area contributed by atoms with Crippen molar-refractivity contribution in [1.82, 2.24) is 15.2 Å². The van der Waals surface area contributed by atoms with Gasteiger partial charge in [-0.05, 0) is 30.3 Å². The van der Waals surface area contributed by atoms with Crippen LogP contribution in [0.4, 0.5) is 5.69 Å². The number of carboxylic acids is 1. The number of anilines is 1. The Balaban J connectivity index is 1.47. The van der Waals surface area contributed by atoms with Gasteiger partial charge in [-0.3, -0.25) is 9.89 Å². The van der Waals surface area contributed by atoms with Crippen molar-refractivity contribution >= 4 is 51.4 Å². The van der Waals surface area contributed by atoms with E-state index < -0.39 is 5.97 Å². The lowest BCUT2D eigenvalue weighted by atomic mass is 10.2. The molecule has 3 N–H and O–H groups in total. The van der Waals surface area contributed by atoms with E-state index in [1.807, 2.05) is 17.5 Å². The lowest BCUT2D eigenvalue weighted by molar-refractivity contribution is -0.115. The summed E-state index contributed by atoms with van der Waals surface area (Å²) in [4.78, 5) is 28.1. The molecule has 0 unspecified atom stereocenters. The molecule has 2 aromatic carbocycles. The lowest BCUT2D eigenvalue weighted by Crippen LogP contribution is -2.14. The van der Waals surface area contributed by atoms with Gasteiger partial charge in [0.05, 0.1) is 17.6 Å². The number of carbonyl (C=O) groups excluding carboxylic acids is 1. The maximum absolute atomic E-state index is 12.4. The lowest BCUT2D eigenvalue weighted by Gasteiger charge is -2.04. The van der Waals surface area contributed by atoms with Crippen molar-refractivity contribution in [3.05, 3.63) is 64.3 Å². The number of aromatic nitrogens is 3. The topological polar surface area (TPSA) is 108 Å². The van der Waals surface area contributed by atoms with Crippen LogP contribution in [0.5, 0.6) is 0 Å². The van der Waals surface area contributed by atoms with Gasteiger partial charge in [-0.15, -0.1) is 11.3 Å². The average Bonchev–Trinajstić information content (AvgIpc) is 3.29. The zero-order chi connectivity index (χ0) is 19.7. The number of thiazole rings is 1. The number of amides is 1. The van der Waals surface area contributed by atoms with E-state index in [0.29, 0.717) is 27.3 Å². The van der Waals surface area contributed by atoms with Crippen LogP contribution < -0.4 is 5.32 Å². The first kappa shape index (κ1) is 18.1. The summed E-state index contributed by atoms with van der Waals surface area (Å²) >= 11 is 7.35. The highest BCUT2D eigenvalue weighted by Crippen LogP contribution is 2.26. The second-order valence-corrected chi connectivity index (χ2v) is 7.31. The summed E-state index contributed by atoms with van der Waals surface area (Å²) in [5.74, 6) is -1.38. The van der Waals surface area contributed by atoms with E-state index in [2.05, 4.69) is 20.5 Å². The van der Waals surface area contributed by atoms with E-state index >= 15 is 0 Å². The summed E-state index contributed by atoms with van der Waals surface area (Å²) in [5, 5.41) is 22.1.